The van der Waals surface area contributed by atoms with Crippen LogP contribution < -0.4 is 5.73 Å². The summed E-state index contributed by atoms with van der Waals surface area (Å²) in [4.78, 5) is 39.8. The van der Waals surface area contributed by atoms with Crippen molar-refractivity contribution in [1.82, 2.24) is 14.4 Å². The van der Waals surface area contributed by atoms with E-state index in [1.165, 1.54) is 24.4 Å². The van der Waals surface area contributed by atoms with Crippen LogP contribution in [0.15, 0.2) is 24.4 Å². The van der Waals surface area contributed by atoms with Crippen molar-refractivity contribution in [2.75, 3.05) is 46.1 Å². The van der Waals surface area contributed by atoms with Crippen LogP contribution in [0.2, 0.25) is 0 Å². The second-order valence-corrected chi connectivity index (χ2v) is 6.83. The minimum atomic E-state index is -0.846. The predicted molar refractivity (Wildman–Crippen MR) is 106 cm³/mol. The van der Waals surface area contributed by atoms with Gasteiger partial charge in [0.2, 0.25) is 0 Å². The highest BCUT2D eigenvalue weighted by atomic mass is 16.6. The van der Waals surface area contributed by atoms with Crippen molar-refractivity contribution in [3.63, 3.8) is 0 Å². The van der Waals surface area contributed by atoms with E-state index in [1.54, 1.807) is 4.90 Å². The van der Waals surface area contributed by atoms with Gasteiger partial charge in [-0.2, -0.15) is 5.26 Å². The maximum atomic E-state index is 12.8. The zero-order valence-corrected chi connectivity index (χ0v) is 16.5. The third-order valence-electron chi connectivity index (χ3n) is 5.01. The van der Waals surface area contributed by atoms with Crippen LogP contribution in [0.25, 0.3) is 5.69 Å². The van der Waals surface area contributed by atoms with Crippen molar-refractivity contribution < 1.29 is 19.2 Å². The summed E-state index contributed by atoms with van der Waals surface area (Å²) in [6.07, 6.45) is 1.23. The van der Waals surface area contributed by atoms with Gasteiger partial charge in [0.25, 0.3) is 11.6 Å². The molecule has 1 aliphatic rings. The van der Waals surface area contributed by atoms with E-state index in [4.69, 9.17) is 10.5 Å². The molecule has 0 unspecified atom stereocenters. The second-order valence-electron chi connectivity index (χ2n) is 6.83. The summed E-state index contributed by atoms with van der Waals surface area (Å²) in [6.45, 7) is 2.48. The molecule has 11 heteroatoms. The lowest BCUT2D eigenvalue weighted by Gasteiger charge is -2.32. The predicted octanol–water partition coefficient (Wildman–Crippen LogP) is 1.01. The fourth-order valence-corrected chi connectivity index (χ4v) is 3.30. The maximum absolute atomic E-state index is 12.8. The highest BCUT2D eigenvalue weighted by Crippen LogP contribution is 2.31. The highest BCUT2D eigenvalue weighted by molar-refractivity contribution is 5.97. The van der Waals surface area contributed by atoms with Gasteiger partial charge in [0, 0.05) is 44.0 Å². The Bertz CT molecular complexity index is 1060. The maximum Gasteiger partial charge on any atom is 0.357 e. The van der Waals surface area contributed by atoms with Gasteiger partial charge in [0.1, 0.15) is 11.8 Å². The van der Waals surface area contributed by atoms with E-state index in [9.17, 15) is 25.0 Å². The zero-order chi connectivity index (χ0) is 22.0. The van der Waals surface area contributed by atoms with Crippen LogP contribution in [-0.4, -0.2) is 71.5 Å². The molecule has 2 N–H and O–H groups in total. The molecule has 0 radical (unpaired) electrons. The molecule has 1 aromatic carbocycles. The normalized spacial score (nSPS) is 14.2. The van der Waals surface area contributed by atoms with Crippen LogP contribution in [0.4, 0.5) is 11.4 Å². The summed E-state index contributed by atoms with van der Waals surface area (Å²) >= 11 is 0. The number of aromatic nitrogens is 1. The largest absolute Gasteiger partial charge is 0.464 e. The fourth-order valence-electron chi connectivity index (χ4n) is 3.30. The standard InChI is InChI=1S/C19H20N6O5/c1-22-5-7-23(8-6-22)18(26)12-3-4-14(15(9-12)25(28)29)24-11-13(10-20)16(21)17(24)19(27)30-2/h3-4,9,11H,5-8,21H2,1-2H3. The van der Waals surface area contributed by atoms with Gasteiger partial charge in [-0.25, -0.2) is 4.79 Å². The van der Waals surface area contributed by atoms with E-state index in [1.807, 2.05) is 13.1 Å². The minimum Gasteiger partial charge on any atom is -0.464 e. The van der Waals surface area contributed by atoms with E-state index >= 15 is 0 Å². The number of likely N-dealkylation sites (N-methyl/N-ethyl adjacent to an activating group) is 1. The van der Waals surface area contributed by atoms with Crippen LogP contribution in [0.3, 0.4) is 0 Å². The number of anilines is 1. The lowest BCUT2D eigenvalue weighted by atomic mass is 10.1. The van der Waals surface area contributed by atoms with E-state index in [-0.39, 0.29) is 34.1 Å². The van der Waals surface area contributed by atoms with Crippen LogP contribution >= 0.6 is 0 Å². The Labute approximate surface area is 172 Å². The molecule has 2 heterocycles. The Morgan fingerprint density at radius 3 is 2.50 bits per heavy atom. The van der Waals surface area contributed by atoms with E-state index < -0.39 is 16.6 Å². The van der Waals surface area contributed by atoms with Gasteiger partial charge in [0.05, 0.1) is 23.3 Å². The third kappa shape index (κ3) is 3.68. The third-order valence-corrected chi connectivity index (χ3v) is 5.01. The lowest BCUT2D eigenvalue weighted by molar-refractivity contribution is -0.384. The highest BCUT2D eigenvalue weighted by Gasteiger charge is 2.28. The summed E-state index contributed by atoms with van der Waals surface area (Å²) in [5.74, 6) is -1.16. The van der Waals surface area contributed by atoms with Gasteiger partial charge in [-0.05, 0) is 19.2 Å². The topological polar surface area (TPSA) is 148 Å². The molecule has 156 valence electrons. The average Bonchev–Trinajstić information content (AvgIpc) is 3.08. The molecule has 1 amide bonds. The Morgan fingerprint density at radius 2 is 1.93 bits per heavy atom. The molecule has 3 rings (SSSR count). The number of nitro benzene ring substituents is 1. The number of nitrogen functional groups attached to an aromatic ring is 1. The number of piperazine rings is 1. The van der Waals surface area contributed by atoms with E-state index in [0.717, 1.165) is 11.7 Å². The molecule has 1 saturated heterocycles. The summed E-state index contributed by atoms with van der Waals surface area (Å²) < 4.78 is 5.84. The monoisotopic (exact) mass is 412 g/mol. The number of hydrogen-bond donors (Lipinski definition) is 1. The summed E-state index contributed by atoms with van der Waals surface area (Å²) in [5.41, 5.74) is 5.24. The number of nitro groups is 1. The van der Waals surface area contributed by atoms with Crippen LogP contribution in [0.1, 0.15) is 26.4 Å². The number of ether oxygens (including phenoxy) is 1. The van der Waals surface area contributed by atoms with Gasteiger partial charge >= 0.3 is 5.97 Å². The van der Waals surface area contributed by atoms with Gasteiger partial charge in [-0.3, -0.25) is 14.9 Å². The molecule has 0 aliphatic carbocycles. The van der Waals surface area contributed by atoms with Crippen LogP contribution in [0, 0.1) is 21.4 Å². The SMILES string of the molecule is COC(=O)c1c(N)c(C#N)cn1-c1ccc(C(=O)N2CCN(C)CC2)cc1[N+](=O)[O-]. The average molecular weight is 412 g/mol. The number of methoxy groups -OCH3 is 1. The molecular weight excluding hydrogens is 392 g/mol. The van der Waals surface area contributed by atoms with Gasteiger partial charge in [0.15, 0.2) is 5.69 Å². The summed E-state index contributed by atoms with van der Waals surface area (Å²) in [7, 11) is 3.09. The van der Waals surface area contributed by atoms with Gasteiger partial charge in [-0.1, -0.05) is 0 Å². The first-order valence-corrected chi connectivity index (χ1v) is 9.04. The number of amides is 1. The fraction of sp³-hybridized carbons (Fsp3) is 0.316. The molecule has 1 aromatic heterocycles. The Balaban J connectivity index is 2.08. The molecule has 0 bridgehead atoms. The van der Waals surface area contributed by atoms with Crippen molar-refractivity contribution >= 4 is 23.3 Å². The second kappa shape index (κ2) is 8.22. The number of esters is 1. The summed E-state index contributed by atoms with van der Waals surface area (Å²) in [5, 5.41) is 21.0. The van der Waals surface area contributed by atoms with Crippen molar-refractivity contribution in [3.8, 4) is 11.8 Å². The van der Waals surface area contributed by atoms with Crippen LogP contribution in [0.5, 0.6) is 0 Å². The molecule has 2 aromatic rings. The molecule has 11 nitrogen and oxygen atoms in total. The van der Waals surface area contributed by atoms with Crippen molar-refractivity contribution in [2.45, 2.75) is 0 Å². The van der Waals surface area contributed by atoms with Crippen molar-refractivity contribution in [1.29, 1.82) is 5.26 Å². The molecule has 1 fully saturated rings. The number of carbonyl (C=O) groups excluding carboxylic acids is 2. The molecular formula is C19H20N6O5. The smallest absolute Gasteiger partial charge is 0.357 e. The molecule has 0 spiro atoms. The molecule has 30 heavy (non-hydrogen) atoms. The van der Waals surface area contributed by atoms with Crippen molar-refractivity contribution in [3.05, 3.63) is 51.3 Å². The first-order valence-electron chi connectivity index (χ1n) is 9.04. The van der Waals surface area contributed by atoms with Crippen molar-refractivity contribution in [2.24, 2.45) is 0 Å². The number of nitrogens with zero attached hydrogens (tertiary/aromatic N) is 5. The van der Waals surface area contributed by atoms with Crippen LogP contribution in [-0.2, 0) is 4.74 Å². The minimum absolute atomic E-state index is 0.0106. The van der Waals surface area contributed by atoms with Gasteiger partial charge < -0.3 is 24.8 Å². The number of benzene rings is 1. The molecule has 0 atom stereocenters. The first kappa shape index (κ1) is 20.8. The first-order chi connectivity index (χ1) is 14.3. The quantitative estimate of drug-likeness (QED) is 0.444. The lowest BCUT2D eigenvalue weighted by Crippen LogP contribution is -2.47. The Kier molecular flexibility index (Phi) is 5.70. The number of rotatable bonds is 4. The Morgan fingerprint density at radius 1 is 1.27 bits per heavy atom. The van der Waals surface area contributed by atoms with E-state index in [0.29, 0.717) is 26.2 Å². The molecule has 1 aliphatic heterocycles. The summed E-state index contributed by atoms with van der Waals surface area (Å²) in [6, 6.07) is 5.81. The Hall–Kier alpha value is -3.91. The number of hydrogen-bond acceptors (Lipinski definition) is 8. The number of nitriles is 1. The number of nitrogens with two attached hydrogens (primary N) is 1. The molecule has 0 saturated carbocycles. The van der Waals surface area contributed by atoms with E-state index in [2.05, 4.69) is 4.90 Å². The number of carbonyl (C=O) groups is 2. The van der Waals surface area contributed by atoms with Gasteiger partial charge in [-0.15, -0.1) is 0 Å². The zero-order valence-electron chi connectivity index (χ0n) is 16.5.